The fourth-order valence-electron chi connectivity index (χ4n) is 3.59. The van der Waals surface area contributed by atoms with Crippen LogP contribution in [0.3, 0.4) is 0 Å². The van der Waals surface area contributed by atoms with Crippen LogP contribution in [0.25, 0.3) is 0 Å². The number of hydrogen-bond donors (Lipinski definition) is 2. The molecule has 2 bridgehead atoms. The van der Waals surface area contributed by atoms with Crippen molar-refractivity contribution in [3.8, 4) is 0 Å². The van der Waals surface area contributed by atoms with Gasteiger partial charge in [-0.2, -0.15) is 0 Å². The van der Waals surface area contributed by atoms with Crippen molar-refractivity contribution in [1.29, 1.82) is 0 Å². The summed E-state index contributed by atoms with van der Waals surface area (Å²) in [5.74, 6) is 5.25. The van der Waals surface area contributed by atoms with Gasteiger partial charge in [-0.15, -0.1) is 0 Å². The van der Waals surface area contributed by atoms with Crippen molar-refractivity contribution >= 4 is 21.8 Å². The van der Waals surface area contributed by atoms with E-state index in [2.05, 4.69) is 42.1 Å². The van der Waals surface area contributed by atoms with Crippen LogP contribution in [-0.4, -0.2) is 10.7 Å². The maximum Gasteiger partial charge on any atom is 0.241 e. The van der Waals surface area contributed by atoms with Gasteiger partial charge in [0.1, 0.15) is 0 Å². The zero-order valence-electron chi connectivity index (χ0n) is 8.86. The second-order valence-corrected chi connectivity index (χ2v) is 6.27. The Balaban J connectivity index is 2.44. The van der Waals surface area contributed by atoms with Gasteiger partial charge < -0.3 is 0 Å². The van der Waals surface area contributed by atoms with Gasteiger partial charge in [0.05, 0.1) is 5.41 Å². The summed E-state index contributed by atoms with van der Waals surface area (Å²) in [5, 5.41) is 0. The van der Waals surface area contributed by atoms with Crippen molar-refractivity contribution in [2.24, 2.45) is 22.1 Å². The zero-order valence-corrected chi connectivity index (χ0v) is 10.4. The van der Waals surface area contributed by atoms with Gasteiger partial charge >= 0.3 is 0 Å². The quantitative estimate of drug-likeness (QED) is 0.326. The molecule has 4 heteroatoms. The molecule has 0 aromatic rings. The highest BCUT2D eigenvalue weighted by molar-refractivity contribution is 9.09. The summed E-state index contributed by atoms with van der Waals surface area (Å²) in [6.45, 7) is 6.60. The number of alkyl halides is 1. The van der Waals surface area contributed by atoms with Crippen molar-refractivity contribution in [2.75, 3.05) is 0 Å². The van der Waals surface area contributed by atoms with Crippen LogP contribution in [0.15, 0.2) is 0 Å². The Hall–Kier alpha value is -0.0900. The highest BCUT2D eigenvalue weighted by Crippen LogP contribution is 2.79. The van der Waals surface area contributed by atoms with Crippen LogP contribution in [0.1, 0.15) is 33.6 Å². The first-order valence-electron chi connectivity index (χ1n) is 5.00. The van der Waals surface area contributed by atoms with Crippen molar-refractivity contribution in [1.82, 2.24) is 5.43 Å². The van der Waals surface area contributed by atoms with Gasteiger partial charge in [-0.1, -0.05) is 36.7 Å². The Bertz CT molecular complexity index is 304. The van der Waals surface area contributed by atoms with Crippen LogP contribution in [0.5, 0.6) is 0 Å². The molecule has 3 rings (SSSR count). The Morgan fingerprint density at radius 2 is 2.00 bits per heavy atom. The fourth-order valence-corrected chi connectivity index (χ4v) is 5.40. The molecule has 0 heterocycles. The van der Waals surface area contributed by atoms with E-state index in [0.717, 1.165) is 12.8 Å². The molecular weight excluding hydrogens is 244 g/mol. The number of hydrogen-bond acceptors (Lipinski definition) is 2. The molecule has 1 amide bonds. The largest absolute Gasteiger partial charge is 0.294 e. The van der Waals surface area contributed by atoms with Crippen molar-refractivity contribution in [3.05, 3.63) is 0 Å². The SMILES string of the molecule is CC1(C)[C@]2(C)CC[C@@]1(C(=O)NN)[C@@H]2Br. The van der Waals surface area contributed by atoms with Crippen molar-refractivity contribution in [3.63, 3.8) is 0 Å². The van der Waals surface area contributed by atoms with E-state index in [4.69, 9.17) is 5.84 Å². The standard InChI is InChI=1S/C10H17BrN2O/c1-8(2)9(3)4-5-10(8,6(9)11)7(14)13-12/h6H,4-5,12H2,1-3H3,(H,13,14)/t6-,9-,10+/m1/s1. The van der Waals surface area contributed by atoms with Crippen LogP contribution in [0.4, 0.5) is 0 Å². The van der Waals surface area contributed by atoms with Gasteiger partial charge in [0.25, 0.3) is 0 Å². The maximum atomic E-state index is 11.9. The molecule has 0 radical (unpaired) electrons. The van der Waals surface area contributed by atoms with Crippen molar-refractivity contribution < 1.29 is 4.79 Å². The third kappa shape index (κ3) is 0.703. The lowest BCUT2D eigenvalue weighted by Gasteiger charge is -2.63. The van der Waals surface area contributed by atoms with E-state index >= 15 is 0 Å². The molecule has 14 heavy (non-hydrogen) atoms. The Morgan fingerprint density at radius 3 is 2.29 bits per heavy atom. The highest BCUT2D eigenvalue weighted by atomic mass is 79.9. The number of nitrogens with one attached hydrogen (secondary N) is 1. The fraction of sp³-hybridized carbons (Fsp3) is 0.900. The number of carbonyl (C=O) groups excluding carboxylic acids is 1. The number of halogens is 1. The molecule has 0 aromatic heterocycles. The second-order valence-electron chi connectivity index (χ2n) is 5.35. The first-order valence-corrected chi connectivity index (χ1v) is 5.91. The van der Waals surface area contributed by atoms with Crippen molar-refractivity contribution in [2.45, 2.75) is 38.4 Å². The second kappa shape index (κ2) is 2.53. The van der Waals surface area contributed by atoms with Gasteiger partial charge in [-0.05, 0) is 23.7 Å². The zero-order chi connectivity index (χ0) is 10.8. The number of amides is 1. The van der Waals surface area contributed by atoms with E-state index in [-0.39, 0.29) is 27.0 Å². The molecule has 0 aromatic carbocycles. The molecule has 3 N–H and O–H groups in total. The smallest absolute Gasteiger partial charge is 0.241 e. The third-order valence-corrected chi connectivity index (χ3v) is 6.90. The van der Waals surface area contributed by atoms with E-state index in [1.54, 1.807) is 0 Å². The molecule has 0 spiro atoms. The van der Waals surface area contributed by atoms with Crippen LogP contribution in [-0.2, 0) is 4.79 Å². The molecule has 3 atom stereocenters. The minimum Gasteiger partial charge on any atom is -0.294 e. The molecule has 0 saturated heterocycles. The number of fused-ring (bicyclic) bond motifs is 1. The van der Waals surface area contributed by atoms with E-state index < -0.39 is 0 Å². The lowest BCUT2D eigenvalue weighted by Crippen LogP contribution is -2.69. The summed E-state index contributed by atoms with van der Waals surface area (Å²) in [6.07, 6.45) is 2.04. The monoisotopic (exact) mass is 260 g/mol. The third-order valence-electron chi connectivity index (χ3n) is 5.11. The van der Waals surface area contributed by atoms with Crippen LogP contribution >= 0.6 is 15.9 Å². The molecular formula is C10H17BrN2O. The lowest BCUT2D eigenvalue weighted by atomic mass is 9.43. The summed E-state index contributed by atoms with van der Waals surface area (Å²) >= 11 is 3.67. The van der Waals surface area contributed by atoms with Crippen LogP contribution in [0.2, 0.25) is 0 Å². The average molecular weight is 261 g/mol. The summed E-state index contributed by atoms with van der Waals surface area (Å²) in [6, 6.07) is 0. The number of carbonyl (C=O) groups is 1. The topological polar surface area (TPSA) is 55.1 Å². The minimum absolute atomic E-state index is 0.0145. The number of nitrogens with two attached hydrogens (primary N) is 1. The highest BCUT2D eigenvalue weighted by Gasteiger charge is 2.79. The first kappa shape index (κ1) is 10.4. The maximum absolute atomic E-state index is 11.9. The van der Waals surface area contributed by atoms with E-state index in [1.165, 1.54) is 0 Å². The van der Waals surface area contributed by atoms with Gasteiger partial charge in [0.15, 0.2) is 0 Å². The molecule has 80 valence electrons. The summed E-state index contributed by atoms with van der Waals surface area (Å²) in [5.41, 5.74) is 2.30. The van der Waals surface area contributed by atoms with Gasteiger partial charge in [-0.25, -0.2) is 5.84 Å². The lowest BCUT2D eigenvalue weighted by molar-refractivity contribution is -0.161. The normalized spacial score (nSPS) is 48.5. The molecule has 3 fully saturated rings. The minimum atomic E-state index is -0.295. The van der Waals surface area contributed by atoms with Gasteiger partial charge in [-0.3, -0.25) is 10.2 Å². The molecule has 3 saturated carbocycles. The van der Waals surface area contributed by atoms with Crippen LogP contribution in [0, 0.1) is 16.2 Å². The summed E-state index contributed by atoms with van der Waals surface area (Å²) in [7, 11) is 0. The Labute approximate surface area is 92.9 Å². The molecule has 3 aliphatic carbocycles. The number of hydrazine groups is 1. The Kier molecular flexibility index (Phi) is 1.88. The van der Waals surface area contributed by atoms with Gasteiger partial charge in [0.2, 0.25) is 5.91 Å². The predicted octanol–water partition coefficient (Wildman–Crippen LogP) is 1.57. The van der Waals surface area contributed by atoms with E-state index in [9.17, 15) is 4.79 Å². The Morgan fingerprint density at radius 1 is 1.43 bits per heavy atom. The molecule has 3 nitrogen and oxygen atoms in total. The average Bonchev–Trinajstić information content (AvgIpc) is 2.54. The van der Waals surface area contributed by atoms with E-state index in [0.29, 0.717) is 0 Å². The summed E-state index contributed by atoms with van der Waals surface area (Å²) in [4.78, 5) is 12.1. The number of rotatable bonds is 1. The molecule has 0 aliphatic heterocycles. The predicted molar refractivity (Wildman–Crippen MR) is 58.6 cm³/mol. The molecule has 3 aliphatic rings. The molecule has 0 unspecified atom stereocenters. The summed E-state index contributed by atoms with van der Waals surface area (Å²) < 4.78 is 0. The van der Waals surface area contributed by atoms with Crippen LogP contribution < -0.4 is 11.3 Å². The van der Waals surface area contributed by atoms with E-state index in [1.807, 2.05) is 0 Å². The first-order chi connectivity index (χ1) is 6.34. The van der Waals surface area contributed by atoms with Gasteiger partial charge in [0, 0.05) is 4.83 Å².